The minimum Gasteiger partial charge on any atom is -0.369 e. The number of piperidine rings is 1. The van der Waals surface area contributed by atoms with Crippen LogP contribution < -0.4 is 21.0 Å². The molecule has 1 aliphatic carbocycles. The summed E-state index contributed by atoms with van der Waals surface area (Å²) >= 11 is 0. The Hall–Kier alpha value is -3.82. The van der Waals surface area contributed by atoms with E-state index < -0.39 is 0 Å². The molecule has 3 aromatic heterocycles. The van der Waals surface area contributed by atoms with E-state index in [1.165, 1.54) is 11.6 Å². The second-order valence-electron chi connectivity index (χ2n) is 13.0. The molecule has 0 spiro atoms. The largest absolute Gasteiger partial charge is 0.369 e. The summed E-state index contributed by atoms with van der Waals surface area (Å²) in [6, 6.07) is 12.4. The first kappa shape index (κ1) is 28.9. The molecule has 0 unspecified atom stereocenters. The fourth-order valence-electron chi connectivity index (χ4n) is 7.04. The van der Waals surface area contributed by atoms with Gasteiger partial charge in [0.05, 0.1) is 23.1 Å². The fourth-order valence-corrected chi connectivity index (χ4v) is 7.04. The van der Waals surface area contributed by atoms with Gasteiger partial charge in [-0.3, -0.25) is 19.7 Å². The van der Waals surface area contributed by atoms with Crippen molar-refractivity contribution in [3.8, 4) is 0 Å². The van der Waals surface area contributed by atoms with Gasteiger partial charge in [-0.05, 0) is 87.9 Å². The number of anilines is 2. The van der Waals surface area contributed by atoms with Crippen molar-refractivity contribution in [2.45, 2.75) is 77.2 Å². The lowest BCUT2D eigenvalue weighted by atomic mass is 10.0. The van der Waals surface area contributed by atoms with E-state index in [0.29, 0.717) is 36.7 Å². The molecular formula is C35H42FN7O. The zero-order valence-electron chi connectivity index (χ0n) is 25.8. The van der Waals surface area contributed by atoms with Crippen LogP contribution in [0, 0.1) is 19.7 Å². The summed E-state index contributed by atoms with van der Waals surface area (Å²) in [6.45, 7) is 8.43. The van der Waals surface area contributed by atoms with Gasteiger partial charge in [0.1, 0.15) is 5.82 Å². The Kier molecular flexibility index (Phi) is 7.84. The van der Waals surface area contributed by atoms with Gasteiger partial charge in [0, 0.05) is 92.1 Å². The van der Waals surface area contributed by atoms with Crippen molar-refractivity contribution in [1.29, 1.82) is 0 Å². The molecule has 230 valence electrons. The molecule has 4 aromatic rings. The molecule has 8 nitrogen and oxygen atoms in total. The number of nitrogens with zero attached hydrogens (tertiary/aromatic N) is 6. The quantitative estimate of drug-likeness (QED) is 0.304. The molecule has 5 heterocycles. The number of halogens is 1. The smallest absolute Gasteiger partial charge is 0.193 e. The number of aromatic nitrogens is 3. The van der Waals surface area contributed by atoms with Crippen LogP contribution in [0.5, 0.6) is 0 Å². The Morgan fingerprint density at radius 2 is 1.82 bits per heavy atom. The molecule has 7 rings (SSSR count). The van der Waals surface area contributed by atoms with E-state index >= 15 is 4.39 Å². The summed E-state index contributed by atoms with van der Waals surface area (Å²) in [5, 5.41) is 0.467. The maximum absolute atomic E-state index is 15.6. The lowest BCUT2D eigenvalue weighted by Crippen LogP contribution is -2.48. The fraction of sp³-hybridized carbons (Fsp3) is 0.457. The Morgan fingerprint density at radius 1 is 0.955 bits per heavy atom. The lowest BCUT2D eigenvalue weighted by Gasteiger charge is -2.40. The highest BCUT2D eigenvalue weighted by Crippen LogP contribution is 2.38. The number of fused-ring (bicyclic) bond motifs is 1. The van der Waals surface area contributed by atoms with Crippen LogP contribution in [0.4, 0.5) is 15.8 Å². The molecule has 1 aromatic carbocycles. The van der Waals surface area contributed by atoms with E-state index in [2.05, 4.69) is 54.8 Å². The van der Waals surface area contributed by atoms with Crippen molar-refractivity contribution >= 4 is 22.3 Å². The Balaban J connectivity index is 1.25. The van der Waals surface area contributed by atoms with Crippen LogP contribution in [0.2, 0.25) is 0 Å². The van der Waals surface area contributed by atoms with Gasteiger partial charge >= 0.3 is 0 Å². The van der Waals surface area contributed by atoms with Crippen molar-refractivity contribution < 1.29 is 4.39 Å². The van der Waals surface area contributed by atoms with Gasteiger partial charge in [-0.2, -0.15) is 0 Å². The minimum absolute atomic E-state index is 0.0475. The van der Waals surface area contributed by atoms with E-state index in [1.54, 1.807) is 0 Å². The average Bonchev–Trinajstić information content (AvgIpc) is 3.78. The molecule has 2 atom stereocenters. The van der Waals surface area contributed by atoms with Gasteiger partial charge < -0.3 is 20.1 Å². The molecule has 9 heteroatoms. The highest BCUT2D eigenvalue weighted by atomic mass is 19.1. The number of rotatable bonds is 8. The summed E-state index contributed by atoms with van der Waals surface area (Å²) in [7, 11) is 0. The lowest BCUT2D eigenvalue weighted by molar-refractivity contribution is 0.158. The Bertz CT molecular complexity index is 1720. The van der Waals surface area contributed by atoms with Crippen LogP contribution >= 0.6 is 0 Å². The summed E-state index contributed by atoms with van der Waals surface area (Å²) in [6.07, 6.45) is 11.0. The predicted molar refractivity (Wildman–Crippen MR) is 174 cm³/mol. The van der Waals surface area contributed by atoms with Crippen molar-refractivity contribution in [3.05, 3.63) is 93.5 Å². The van der Waals surface area contributed by atoms with E-state index in [1.807, 2.05) is 37.2 Å². The van der Waals surface area contributed by atoms with Gasteiger partial charge in [0.2, 0.25) is 0 Å². The van der Waals surface area contributed by atoms with Crippen molar-refractivity contribution in [3.63, 3.8) is 0 Å². The van der Waals surface area contributed by atoms with Gasteiger partial charge in [-0.15, -0.1) is 0 Å². The van der Waals surface area contributed by atoms with Crippen LogP contribution in [0.1, 0.15) is 60.7 Å². The SMILES string of the molecule is Cc1ccc(N2CCC[C@H](N(Cc3ccnc(C)c3)Cc3cn(C4CC4)c4cc(N5CC[C@H](N)C5)c(F)cc4c3=O)C2)cn1. The van der Waals surface area contributed by atoms with Crippen LogP contribution in [0.3, 0.4) is 0 Å². The molecule has 2 N–H and O–H groups in total. The Morgan fingerprint density at radius 3 is 2.55 bits per heavy atom. The van der Waals surface area contributed by atoms with Gasteiger partial charge in [-0.1, -0.05) is 0 Å². The van der Waals surface area contributed by atoms with Crippen LogP contribution in [0.25, 0.3) is 10.9 Å². The van der Waals surface area contributed by atoms with Crippen LogP contribution in [-0.4, -0.2) is 57.7 Å². The number of aryl methyl sites for hydroxylation is 2. The second kappa shape index (κ2) is 11.9. The zero-order valence-corrected chi connectivity index (χ0v) is 25.8. The Labute approximate surface area is 258 Å². The number of nitrogens with two attached hydrogens (primary N) is 1. The van der Waals surface area contributed by atoms with Crippen molar-refractivity contribution in [2.24, 2.45) is 5.73 Å². The maximum Gasteiger partial charge on any atom is 0.193 e. The topological polar surface area (TPSA) is 83.5 Å². The third kappa shape index (κ3) is 5.95. The predicted octanol–water partition coefficient (Wildman–Crippen LogP) is 5.09. The van der Waals surface area contributed by atoms with Crippen LogP contribution in [-0.2, 0) is 13.1 Å². The number of hydrogen-bond donors (Lipinski definition) is 1. The molecular weight excluding hydrogens is 553 g/mol. The summed E-state index contributed by atoms with van der Waals surface area (Å²) < 4.78 is 17.8. The van der Waals surface area contributed by atoms with Gasteiger partial charge in [0.15, 0.2) is 5.43 Å². The highest BCUT2D eigenvalue weighted by molar-refractivity contribution is 5.84. The molecule has 0 bridgehead atoms. The van der Waals surface area contributed by atoms with Gasteiger partial charge in [-0.25, -0.2) is 4.39 Å². The average molecular weight is 596 g/mol. The third-order valence-electron chi connectivity index (χ3n) is 9.57. The second-order valence-corrected chi connectivity index (χ2v) is 13.0. The monoisotopic (exact) mass is 595 g/mol. The molecule has 2 aliphatic heterocycles. The summed E-state index contributed by atoms with van der Waals surface area (Å²) in [4.78, 5) is 30.0. The van der Waals surface area contributed by atoms with E-state index in [4.69, 9.17) is 5.73 Å². The molecule has 1 saturated carbocycles. The summed E-state index contributed by atoms with van der Waals surface area (Å²) in [5.74, 6) is -0.345. The maximum atomic E-state index is 15.6. The number of pyridine rings is 3. The molecule has 0 radical (unpaired) electrons. The van der Waals surface area contributed by atoms with E-state index in [9.17, 15) is 4.79 Å². The first-order chi connectivity index (χ1) is 21.3. The van der Waals surface area contributed by atoms with E-state index in [0.717, 1.165) is 79.9 Å². The zero-order chi connectivity index (χ0) is 30.4. The minimum atomic E-state index is -0.345. The number of hydrogen-bond acceptors (Lipinski definition) is 7. The van der Waals surface area contributed by atoms with E-state index in [-0.39, 0.29) is 23.3 Å². The normalized spacial score (nSPS) is 20.7. The third-order valence-corrected chi connectivity index (χ3v) is 9.57. The molecule has 2 saturated heterocycles. The first-order valence-corrected chi connectivity index (χ1v) is 16.0. The molecule has 3 fully saturated rings. The van der Waals surface area contributed by atoms with Crippen LogP contribution in [0.15, 0.2) is 59.8 Å². The molecule has 3 aliphatic rings. The summed E-state index contributed by atoms with van der Waals surface area (Å²) in [5.41, 5.74) is 12.5. The standard InChI is InChI=1S/C35H42FN7O/c1-23-5-6-29(17-39-23)40-12-3-4-30(22-40)42(18-25-9-11-38-24(2)14-25)19-26-20-43(28-7-8-28)33-16-34(41-13-10-27(37)21-41)32(36)15-31(33)35(26)44/h5-6,9,11,14-17,20,27-28,30H,3-4,7-8,10,12-13,18-19,21-22,37H2,1-2H3/t27-,30-/m0/s1. The highest BCUT2D eigenvalue weighted by Gasteiger charge is 2.30. The van der Waals surface area contributed by atoms with Gasteiger partial charge in [0.25, 0.3) is 0 Å². The molecule has 0 amide bonds. The molecule has 44 heavy (non-hydrogen) atoms. The number of benzene rings is 1. The first-order valence-electron chi connectivity index (χ1n) is 16.0. The van der Waals surface area contributed by atoms with Crippen molar-refractivity contribution in [1.82, 2.24) is 19.4 Å². The van der Waals surface area contributed by atoms with Crippen molar-refractivity contribution in [2.75, 3.05) is 36.0 Å².